The fourth-order valence-electron chi connectivity index (χ4n) is 1.46. The van der Waals surface area contributed by atoms with Crippen molar-refractivity contribution >= 4 is 27.3 Å². The van der Waals surface area contributed by atoms with Crippen molar-refractivity contribution in [1.82, 2.24) is 0 Å². The predicted octanol–water partition coefficient (Wildman–Crippen LogP) is 2.56. The molecule has 1 atom stereocenters. The van der Waals surface area contributed by atoms with E-state index in [2.05, 4.69) is 21.2 Å². The van der Waals surface area contributed by atoms with Gasteiger partial charge in [-0.25, -0.2) is 0 Å². The minimum atomic E-state index is -0.906. The molecule has 0 fully saturated rings. The number of rotatable bonds is 7. The van der Waals surface area contributed by atoms with Crippen molar-refractivity contribution in [3.05, 3.63) is 32.8 Å². The molecule has 6 nitrogen and oxygen atoms in total. The van der Waals surface area contributed by atoms with Gasteiger partial charge in [-0.15, -0.1) is 0 Å². The Morgan fingerprint density at radius 2 is 2.26 bits per heavy atom. The lowest BCUT2D eigenvalue weighted by molar-refractivity contribution is -0.384. The van der Waals surface area contributed by atoms with Crippen LogP contribution in [0.15, 0.2) is 22.7 Å². The fourth-order valence-corrected chi connectivity index (χ4v) is 1.96. The normalized spacial score (nSPS) is 13.9. The van der Waals surface area contributed by atoms with Crippen LogP contribution < -0.4 is 5.32 Å². The van der Waals surface area contributed by atoms with Crippen molar-refractivity contribution < 1.29 is 14.8 Å². The van der Waals surface area contributed by atoms with Crippen molar-refractivity contribution in [2.24, 2.45) is 0 Å². The highest BCUT2D eigenvalue weighted by molar-refractivity contribution is 9.10. The number of halogens is 1. The van der Waals surface area contributed by atoms with E-state index in [4.69, 9.17) is 4.74 Å². The van der Waals surface area contributed by atoms with Gasteiger partial charge < -0.3 is 15.2 Å². The Morgan fingerprint density at radius 1 is 1.58 bits per heavy atom. The van der Waals surface area contributed by atoms with Crippen LogP contribution in [0.25, 0.3) is 0 Å². The van der Waals surface area contributed by atoms with E-state index in [1.165, 1.54) is 12.1 Å². The van der Waals surface area contributed by atoms with Gasteiger partial charge in [0.05, 0.1) is 10.5 Å². The van der Waals surface area contributed by atoms with Gasteiger partial charge in [0.15, 0.2) is 0 Å². The number of nitrogens with zero attached hydrogens (tertiary/aromatic N) is 1. The molecule has 0 saturated carbocycles. The average Bonchev–Trinajstić information content (AvgIpc) is 2.35. The molecule has 1 aromatic rings. The first kappa shape index (κ1) is 15.9. The molecule has 0 aliphatic heterocycles. The number of hydrogen-bond donors (Lipinski definition) is 2. The standard InChI is InChI=1S/C12H17BrN2O4/c1-12(16,5-6-19-2)8-14-11-4-3-9(15(17)18)7-10(11)13/h3-4,7,14,16H,5-6,8H2,1-2H3. The molecule has 106 valence electrons. The second kappa shape index (κ2) is 6.83. The zero-order chi connectivity index (χ0) is 14.5. The first-order valence-electron chi connectivity index (χ1n) is 5.75. The third kappa shape index (κ3) is 5.14. The molecule has 0 saturated heterocycles. The van der Waals surface area contributed by atoms with Crippen LogP contribution in [0.5, 0.6) is 0 Å². The highest BCUT2D eigenvalue weighted by Crippen LogP contribution is 2.27. The number of aliphatic hydroxyl groups is 1. The van der Waals surface area contributed by atoms with E-state index in [0.717, 1.165) is 0 Å². The first-order valence-corrected chi connectivity index (χ1v) is 6.54. The van der Waals surface area contributed by atoms with Gasteiger partial charge in [0, 0.05) is 49.0 Å². The molecule has 0 radical (unpaired) electrons. The number of methoxy groups -OCH3 is 1. The van der Waals surface area contributed by atoms with Crippen molar-refractivity contribution in [3.63, 3.8) is 0 Å². The van der Waals surface area contributed by atoms with Crippen LogP contribution in [0, 0.1) is 10.1 Å². The zero-order valence-electron chi connectivity index (χ0n) is 10.9. The van der Waals surface area contributed by atoms with Crippen LogP contribution in [0.3, 0.4) is 0 Å². The molecule has 0 bridgehead atoms. The number of anilines is 1. The molecule has 1 unspecified atom stereocenters. The van der Waals surface area contributed by atoms with Gasteiger partial charge in [-0.05, 0) is 28.9 Å². The number of nitro groups is 1. The van der Waals surface area contributed by atoms with Gasteiger partial charge in [-0.1, -0.05) is 0 Å². The SMILES string of the molecule is COCCC(C)(O)CNc1ccc([N+](=O)[O-])cc1Br. The summed E-state index contributed by atoms with van der Waals surface area (Å²) in [6, 6.07) is 4.44. The van der Waals surface area contributed by atoms with Crippen LogP contribution in [-0.4, -0.2) is 35.9 Å². The van der Waals surface area contributed by atoms with Crippen molar-refractivity contribution in [1.29, 1.82) is 0 Å². The lowest BCUT2D eigenvalue weighted by atomic mass is 10.0. The second-order valence-electron chi connectivity index (χ2n) is 4.51. The van der Waals surface area contributed by atoms with E-state index in [1.54, 1.807) is 20.1 Å². The van der Waals surface area contributed by atoms with Gasteiger partial charge >= 0.3 is 0 Å². The summed E-state index contributed by atoms with van der Waals surface area (Å²) < 4.78 is 5.51. The summed E-state index contributed by atoms with van der Waals surface area (Å²) in [6.45, 7) is 2.50. The molecule has 0 aromatic heterocycles. The second-order valence-corrected chi connectivity index (χ2v) is 5.37. The number of nitrogens with one attached hydrogen (secondary N) is 1. The van der Waals surface area contributed by atoms with Crippen LogP contribution >= 0.6 is 15.9 Å². The number of benzene rings is 1. The van der Waals surface area contributed by atoms with Gasteiger partial charge in [-0.2, -0.15) is 0 Å². The maximum Gasteiger partial charge on any atom is 0.270 e. The topological polar surface area (TPSA) is 84.6 Å². The number of non-ortho nitro benzene ring substituents is 1. The summed E-state index contributed by atoms with van der Waals surface area (Å²) in [5, 5.41) is 23.7. The molecule has 19 heavy (non-hydrogen) atoms. The van der Waals surface area contributed by atoms with Crippen molar-refractivity contribution in [2.75, 3.05) is 25.6 Å². The van der Waals surface area contributed by atoms with E-state index in [0.29, 0.717) is 29.7 Å². The molecule has 2 N–H and O–H groups in total. The predicted molar refractivity (Wildman–Crippen MR) is 76.4 cm³/mol. The summed E-state index contributed by atoms with van der Waals surface area (Å²) >= 11 is 3.26. The molecule has 0 aliphatic rings. The van der Waals surface area contributed by atoms with E-state index < -0.39 is 10.5 Å². The molecular weight excluding hydrogens is 316 g/mol. The Labute approximate surface area is 120 Å². The highest BCUT2D eigenvalue weighted by Gasteiger charge is 2.20. The largest absolute Gasteiger partial charge is 0.388 e. The lowest BCUT2D eigenvalue weighted by Crippen LogP contribution is -2.34. The highest BCUT2D eigenvalue weighted by atomic mass is 79.9. The Hall–Kier alpha value is -1.18. The Bertz CT molecular complexity index is 451. The maximum absolute atomic E-state index is 10.6. The Balaban J connectivity index is 2.65. The molecule has 0 aliphatic carbocycles. The first-order chi connectivity index (χ1) is 8.85. The van der Waals surface area contributed by atoms with Crippen LogP contribution in [-0.2, 0) is 4.74 Å². The van der Waals surface area contributed by atoms with E-state index >= 15 is 0 Å². The molecule has 1 rings (SSSR count). The average molecular weight is 333 g/mol. The van der Waals surface area contributed by atoms with Gasteiger partial charge in [0.1, 0.15) is 0 Å². The minimum absolute atomic E-state index is 0.0172. The smallest absolute Gasteiger partial charge is 0.270 e. The Kier molecular flexibility index (Phi) is 5.71. The summed E-state index contributed by atoms with van der Waals surface area (Å²) in [6.07, 6.45) is 0.501. The fraction of sp³-hybridized carbons (Fsp3) is 0.500. The Morgan fingerprint density at radius 3 is 2.79 bits per heavy atom. The molecule has 0 heterocycles. The van der Waals surface area contributed by atoms with Gasteiger partial charge in [0.2, 0.25) is 0 Å². The summed E-state index contributed by atoms with van der Waals surface area (Å²) in [5.41, 5.74) is -0.191. The number of ether oxygens (including phenoxy) is 1. The molecular formula is C12H17BrN2O4. The molecule has 7 heteroatoms. The third-order valence-corrected chi connectivity index (χ3v) is 3.32. The minimum Gasteiger partial charge on any atom is -0.388 e. The summed E-state index contributed by atoms with van der Waals surface area (Å²) in [4.78, 5) is 10.2. The molecule has 1 aromatic carbocycles. The molecule has 0 spiro atoms. The van der Waals surface area contributed by atoms with Gasteiger partial charge in [-0.3, -0.25) is 10.1 Å². The van der Waals surface area contributed by atoms with Crippen LogP contribution in [0.1, 0.15) is 13.3 Å². The van der Waals surface area contributed by atoms with E-state index in [9.17, 15) is 15.2 Å². The van der Waals surface area contributed by atoms with Crippen LogP contribution in [0.2, 0.25) is 0 Å². The third-order valence-electron chi connectivity index (χ3n) is 2.67. The van der Waals surface area contributed by atoms with Crippen molar-refractivity contribution in [3.8, 4) is 0 Å². The monoisotopic (exact) mass is 332 g/mol. The molecule has 0 amide bonds. The summed E-state index contributed by atoms with van der Waals surface area (Å²) in [5.74, 6) is 0. The van der Waals surface area contributed by atoms with Crippen molar-refractivity contribution in [2.45, 2.75) is 18.9 Å². The van der Waals surface area contributed by atoms with E-state index in [-0.39, 0.29) is 5.69 Å². The van der Waals surface area contributed by atoms with E-state index in [1.807, 2.05) is 0 Å². The quantitative estimate of drug-likeness (QED) is 0.592. The zero-order valence-corrected chi connectivity index (χ0v) is 12.4. The summed E-state index contributed by atoms with van der Waals surface area (Å²) in [7, 11) is 1.58. The maximum atomic E-state index is 10.6. The number of nitro benzene ring substituents is 1. The van der Waals surface area contributed by atoms with Crippen LogP contribution in [0.4, 0.5) is 11.4 Å². The lowest BCUT2D eigenvalue weighted by Gasteiger charge is -2.24. The number of hydrogen-bond acceptors (Lipinski definition) is 5. The van der Waals surface area contributed by atoms with Gasteiger partial charge in [0.25, 0.3) is 5.69 Å².